The van der Waals surface area contributed by atoms with Gasteiger partial charge in [0.1, 0.15) is 0 Å². The van der Waals surface area contributed by atoms with Crippen molar-refractivity contribution in [3.05, 3.63) is 39.9 Å². The minimum atomic E-state index is -0.464. The summed E-state index contributed by atoms with van der Waals surface area (Å²) in [6, 6.07) is 5.97. The van der Waals surface area contributed by atoms with Crippen LogP contribution >= 0.6 is 0 Å². The predicted molar refractivity (Wildman–Crippen MR) is 66.3 cm³/mol. The van der Waals surface area contributed by atoms with Crippen LogP contribution in [0.15, 0.2) is 24.3 Å². The summed E-state index contributed by atoms with van der Waals surface area (Å²) < 4.78 is 4.86. The minimum absolute atomic E-state index is 0.0271. The number of hydrogen-bond acceptors (Lipinski definition) is 4. The average molecular weight is 252 g/mol. The maximum absolute atomic E-state index is 11.5. The predicted octanol–water partition coefficient (Wildman–Crippen LogP) is 1.29. The number of methoxy groups -OCH3 is 1. The standard InChI is InChI=1S/C12H16N2O4/c1-18-8-2-7-13-12(15)9-10-3-5-11(6-4-10)14(16)17/h3-6H,2,7-9H2,1H3,(H,13,15). The smallest absolute Gasteiger partial charge is 0.269 e. The van der Waals surface area contributed by atoms with Crippen molar-refractivity contribution in [3.8, 4) is 0 Å². The number of nitro benzene ring substituents is 1. The second-order valence-corrected chi connectivity index (χ2v) is 3.80. The Morgan fingerprint density at radius 3 is 2.61 bits per heavy atom. The first kappa shape index (κ1) is 14.1. The Morgan fingerprint density at radius 2 is 2.06 bits per heavy atom. The second-order valence-electron chi connectivity index (χ2n) is 3.80. The summed E-state index contributed by atoms with van der Waals surface area (Å²) in [7, 11) is 1.61. The van der Waals surface area contributed by atoms with Crippen LogP contribution in [0.25, 0.3) is 0 Å². The van der Waals surface area contributed by atoms with Gasteiger partial charge in [-0.15, -0.1) is 0 Å². The lowest BCUT2D eigenvalue weighted by Gasteiger charge is -2.04. The highest BCUT2D eigenvalue weighted by Crippen LogP contribution is 2.12. The Balaban J connectivity index is 2.37. The quantitative estimate of drug-likeness (QED) is 0.450. The molecule has 0 unspecified atom stereocenters. The van der Waals surface area contributed by atoms with Crippen molar-refractivity contribution in [2.45, 2.75) is 12.8 Å². The largest absolute Gasteiger partial charge is 0.385 e. The molecule has 0 bridgehead atoms. The highest BCUT2D eigenvalue weighted by Gasteiger charge is 2.06. The monoisotopic (exact) mass is 252 g/mol. The van der Waals surface area contributed by atoms with Gasteiger partial charge < -0.3 is 10.1 Å². The lowest BCUT2D eigenvalue weighted by atomic mass is 10.1. The van der Waals surface area contributed by atoms with E-state index >= 15 is 0 Å². The van der Waals surface area contributed by atoms with Crippen molar-refractivity contribution in [2.24, 2.45) is 0 Å². The number of carbonyl (C=O) groups is 1. The van der Waals surface area contributed by atoms with E-state index in [0.717, 1.165) is 12.0 Å². The number of hydrogen-bond donors (Lipinski definition) is 1. The van der Waals surface area contributed by atoms with E-state index in [0.29, 0.717) is 13.2 Å². The van der Waals surface area contributed by atoms with Crippen LogP contribution in [-0.2, 0) is 16.0 Å². The number of benzene rings is 1. The van der Waals surface area contributed by atoms with Gasteiger partial charge in [-0.3, -0.25) is 14.9 Å². The summed E-state index contributed by atoms with van der Waals surface area (Å²) in [4.78, 5) is 21.5. The van der Waals surface area contributed by atoms with E-state index in [1.807, 2.05) is 0 Å². The van der Waals surface area contributed by atoms with Crippen LogP contribution in [0.3, 0.4) is 0 Å². The molecule has 1 amide bonds. The molecule has 0 aromatic heterocycles. The van der Waals surface area contributed by atoms with Crippen LogP contribution in [0.5, 0.6) is 0 Å². The zero-order valence-electron chi connectivity index (χ0n) is 10.2. The summed E-state index contributed by atoms with van der Waals surface area (Å²) in [5, 5.41) is 13.2. The molecule has 0 fully saturated rings. The molecule has 1 rings (SSSR count). The SMILES string of the molecule is COCCCNC(=O)Cc1ccc([N+](=O)[O-])cc1. The molecule has 6 nitrogen and oxygen atoms in total. The van der Waals surface area contributed by atoms with E-state index in [1.54, 1.807) is 19.2 Å². The topological polar surface area (TPSA) is 81.5 Å². The fourth-order valence-electron chi connectivity index (χ4n) is 1.43. The number of carbonyl (C=O) groups excluding carboxylic acids is 1. The van der Waals surface area contributed by atoms with Crippen molar-refractivity contribution in [3.63, 3.8) is 0 Å². The van der Waals surface area contributed by atoms with Crippen LogP contribution in [-0.4, -0.2) is 31.1 Å². The first-order chi connectivity index (χ1) is 8.63. The van der Waals surface area contributed by atoms with Gasteiger partial charge in [0.05, 0.1) is 11.3 Å². The van der Waals surface area contributed by atoms with E-state index in [9.17, 15) is 14.9 Å². The molecule has 0 aliphatic heterocycles. The van der Waals surface area contributed by atoms with E-state index in [4.69, 9.17) is 4.74 Å². The number of non-ortho nitro benzene ring substituents is 1. The van der Waals surface area contributed by atoms with Crippen molar-refractivity contribution in [1.29, 1.82) is 0 Å². The fourth-order valence-corrected chi connectivity index (χ4v) is 1.43. The Labute approximate surface area is 105 Å². The van der Waals surface area contributed by atoms with Crippen molar-refractivity contribution in [2.75, 3.05) is 20.3 Å². The molecule has 0 aliphatic rings. The molecular weight excluding hydrogens is 236 g/mol. The van der Waals surface area contributed by atoms with Crippen LogP contribution in [0.4, 0.5) is 5.69 Å². The van der Waals surface area contributed by atoms with Crippen molar-refractivity contribution in [1.82, 2.24) is 5.32 Å². The van der Waals surface area contributed by atoms with Crippen LogP contribution < -0.4 is 5.32 Å². The number of nitrogens with zero attached hydrogens (tertiary/aromatic N) is 1. The van der Waals surface area contributed by atoms with Gasteiger partial charge in [0.15, 0.2) is 0 Å². The molecule has 0 radical (unpaired) electrons. The van der Waals surface area contributed by atoms with Crippen LogP contribution in [0.1, 0.15) is 12.0 Å². The number of rotatable bonds is 7. The third-order valence-corrected chi connectivity index (χ3v) is 2.36. The third-order valence-electron chi connectivity index (χ3n) is 2.36. The Morgan fingerprint density at radius 1 is 1.39 bits per heavy atom. The number of nitro groups is 1. The Hall–Kier alpha value is -1.95. The molecule has 0 spiro atoms. The molecule has 1 N–H and O–H groups in total. The van der Waals surface area contributed by atoms with Crippen LogP contribution in [0, 0.1) is 10.1 Å². The number of ether oxygens (including phenoxy) is 1. The maximum Gasteiger partial charge on any atom is 0.269 e. The van der Waals surface area contributed by atoms with E-state index in [-0.39, 0.29) is 18.0 Å². The molecule has 6 heteroatoms. The molecule has 1 aromatic rings. The van der Waals surface area contributed by atoms with Gasteiger partial charge in [0.2, 0.25) is 5.91 Å². The minimum Gasteiger partial charge on any atom is -0.385 e. The van der Waals surface area contributed by atoms with E-state index < -0.39 is 4.92 Å². The normalized spacial score (nSPS) is 10.1. The second kappa shape index (κ2) is 7.39. The maximum atomic E-state index is 11.5. The van der Waals surface area contributed by atoms with Gasteiger partial charge in [-0.25, -0.2) is 0 Å². The van der Waals surface area contributed by atoms with Gasteiger partial charge in [0, 0.05) is 32.4 Å². The van der Waals surface area contributed by atoms with Gasteiger partial charge in [-0.1, -0.05) is 12.1 Å². The van der Waals surface area contributed by atoms with Gasteiger partial charge in [-0.2, -0.15) is 0 Å². The molecular formula is C12H16N2O4. The zero-order valence-corrected chi connectivity index (χ0v) is 10.2. The Kier molecular flexibility index (Phi) is 5.79. The molecule has 1 aromatic carbocycles. The molecule has 0 saturated carbocycles. The summed E-state index contributed by atoms with van der Waals surface area (Å²) in [6.07, 6.45) is 0.994. The van der Waals surface area contributed by atoms with Gasteiger partial charge in [0.25, 0.3) is 5.69 Å². The number of amides is 1. The fraction of sp³-hybridized carbons (Fsp3) is 0.417. The summed E-state index contributed by atoms with van der Waals surface area (Å²) in [5.41, 5.74) is 0.782. The number of nitrogens with one attached hydrogen (secondary N) is 1. The molecule has 0 saturated heterocycles. The molecule has 0 heterocycles. The lowest BCUT2D eigenvalue weighted by Crippen LogP contribution is -2.26. The third kappa shape index (κ3) is 4.92. The van der Waals surface area contributed by atoms with Gasteiger partial charge >= 0.3 is 0 Å². The van der Waals surface area contributed by atoms with Crippen molar-refractivity contribution >= 4 is 11.6 Å². The molecule has 0 atom stereocenters. The highest BCUT2D eigenvalue weighted by atomic mass is 16.6. The lowest BCUT2D eigenvalue weighted by molar-refractivity contribution is -0.384. The summed E-state index contributed by atoms with van der Waals surface area (Å²) >= 11 is 0. The zero-order chi connectivity index (χ0) is 13.4. The van der Waals surface area contributed by atoms with Gasteiger partial charge in [-0.05, 0) is 12.0 Å². The average Bonchev–Trinajstić information content (AvgIpc) is 2.35. The first-order valence-corrected chi connectivity index (χ1v) is 5.62. The summed E-state index contributed by atoms with van der Waals surface area (Å²) in [6.45, 7) is 1.18. The van der Waals surface area contributed by atoms with Crippen molar-refractivity contribution < 1.29 is 14.5 Å². The van der Waals surface area contributed by atoms with Crippen LogP contribution in [0.2, 0.25) is 0 Å². The molecule has 98 valence electrons. The molecule has 18 heavy (non-hydrogen) atoms. The van der Waals surface area contributed by atoms with E-state index in [2.05, 4.69) is 5.32 Å². The first-order valence-electron chi connectivity index (χ1n) is 5.62. The molecule has 0 aliphatic carbocycles. The highest BCUT2D eigenvalue weighted by molar-refractivity contribution is 5.78. The summed E-state index contributed by atoms with van der Waals surface area (Å²) in [5.74, 6) is -0.0973. The Bertz CT molecular complexity index is 403. The van der Waals surface area contributed by atoms with E-state index in [1.165, 1.54) is 12.1 Å².